The third-order valence-corrected chi connectivity index (χ3v) is 1.39. The average molecular weight is 120 g/mol. The zero-order valence-corrected chi connectivity index (χ0v) is 5.18. The van der Waals surface area contributed by atoms with Gasteiger partial charge in [-0.2, -0.15) is 0 Å². The van der Waals surface area contributed by atoms with E-state index in [4.69, 9.17) is 0 Å². The summed E-state index contributed by atoms with van der Waals surface area (Å²) in [6.07, 6.45) is 5.65. The van der Waals surface area contributed by atoms with E-state index >= 15 is 0 Å². The molecule has 1 heteroatoms. The molecule has 0 aromatic rings. The fourth-order valence-corrected chi connectivity index (χ4v) is 0.817. The minimum Gasteiger partial charge on any atom is -0.233 e. The van der Waals surface area contributed by atoms with Crippen LogP contribution >= 0.6 is 0 Å². The number of hydrogen-bond donors (Lipinski definition) is 0. The predicted molar refractivity (Wildman–Crippen MR) is 36.7 cm³/mol. The Kier molecular flexibility index (Phi) is 1.66. The molecule has 0 N–H and O–H groups in total. The Morgan fingerprint density at radius 2 is 2.44 bits per heavy atom. The number of carbonyl (C=O) groups excluding carboxylic acids is 1. The van der Waals surface area contributed by atoms with Crippen LogP contribution in [0.2, 0.25) is 0 Å². The number of allylic oxidation sites excluding steroid dienone is 4. The number of rotatable bonds is 0. The van der Waals surface area contributed by atoms with Crippen LogP contribution in [0.4, 0.5) is 0 Å². The first-order valence-electron chi connectivity index (χ1n) is 2.94. The summed E-state index contributed by atoms with van der Waals surface area (Å²) in [5, 5.41) is 0. The molecule has 0 radical (unpaired) electrons. The van der Waals surface area contributed by atoms with Gasteiger partial charge in [-0.25, -0.2) is 4.79 Å². The maximum Gasteiger partial charge on any atom is 0.132 e. The van der Waals surface area contributed by atoms with Gasteiger partial charge < -0.3 is 0 Å². The second-order valence-electron chi connectivity index (χ2n) is 2.06. The van der Waals surface area contributed by atoms with Gasteiger partial charge in [0.15, 0.2) is 0 Å². The molecule has 0 aromatic carbocycles. The normalized spacial score (nSPS) is 17.8. The van der Waals surface area contributed by atoms with E-state index in [0.29, 0.717) is 5.57 Å². The van der Waals surface area contributed by atoms with Crippen molar-refractivity contribution in [2.45, 2.75) is 12.8 Å². The SMILES string of the molecule is C=C1CCC=CC1=C=O. The molecule has 0 saturated carbocycles. The van der Waals surface area contributed by atoms with Crippen molar-refractivity contribution < 1.29 is 4.79 Å². The summed E-state index contributed by atoms with van der Waals surface area (Å²) in [6, 6.07) is 0. The maximum atomic E-state index is 10.1. The molecule has 1 aliphatic carbocycles. The highest BCUT2D eigenvalue weighted by molar-refractivity contribution is 5.65. The van der Waals surface area contributed by atoms with Crippen LogP contribution in [0, 0.1) is 0 Å². The fraction of sp³-hybridized carbons (Fsp3) is 0.250. The first kappa shape index (κ1) is 6.06. The summed E-state index contributed by atoms with van der Waals surface area (Å²) < 4.78 is 0. The second-order valence-corrected chi connectivity index (χ2v) is 2.06. The molecule has 0 unspecified atom stereocenters. The van der Waals surface area contributed by atoms with Crippen molar-refractivity contribution in [3.05, 3.63) is 29.9 Å². The quantitative estimate of drug-likeness (QED) is 0.444. The lowest BCUT2D eigenvalue weighted by Gasteiger charge is -2.05. The first-order valence-corrected chi connectivity index (χ1v) is 2.94. The molecular formula is C8H8O. The van der Waals surface area contributed by atoms with Crippen molar-refractivity contribution in [3.63, 3.8) is 0 Å². The van der Waals surface area contributed by atoms with Gasteiger partial charge in [-0.15, -0.1) is 0 Å². The summed E-state index contributed by atoms with van der Waals surface area (Å²) in [4.78, 5) is 10.1. The molecule has 0 aliphatic heterocycles. The first-order chi connectivity index (χ1) is 4.34. The van der Waals surface area contributed by atoms with Crippen molar-refractivity contribution >= 4 is 5.94 Å². The highest BCUT2D eigenvalue weighted by Crippen LogP contribution is 2.18. The smallest absolute Gasteiger partial charge is 0.132 e. The predicted octanol–water partition coefficient (Wildman–Crippen LogP) is 1.65. The third kappa shape index (κ3) is 1.18. The van der Waals surface area contributed by atoms with Gasteiger partial charge in [0.25, 0.3) is 0 Å². The molecule has 0 fully saturated rings. The van der Waals surface area contributed by atoms with Crippen LogP contribution in [0.15, 0.2) is 29.9 Å². The van der Waals surface area contributed by atoms with Crippen molar-refractivity contribution in [1.82, 2.24) is 0 Å². The van der Waals surface area contributed by atoms with Crippen LogP contribution in [0.3, 0.4) is 0 Å². The van der Waals surface area contributed by atoms with E-state index in [2.05, 4.69) is 6.58 Å². The molecule has 0 bridgehead atoms. The third-order valence-electron chi connectivity index (χ3n) is 1.39. The molecule has 0 aromatic heterocycles. The van der Waals surface area contributed by atoms with Gasteiger partial charge in [-0.1, -0.05) is 12.7 Å². The molecule has 0 amide bonds. The summed E-state index contributed by atoms with van der Waals surface area (Å²) >= 11 is 0. The van der Waals surface area contributed by atoms with Gasteiger partial charge >= 0.3 is 0 Å². The summed E-state index contributed by atoms with van der Waals surface area (Å²) in [5.74, 6) is 1.83. The zero-order chi connectivity index (χ0) is 6.69. The zero-order valence-electron chi connectivity index (χ0n) is 5.18. The van der Waals surface area contributed by atoms with Crippen molar-refractivity contribution in [2.24, 2.45) is 0 Å². The van der Waals surface area contributed by atoms with Gasteiger partial charge in [0.1, 0.15) is 5.94 Å². The van der Waals surface area contributed by atoms with Crippen molar-refractivity contribution in [3.8, 4) is 0 Å². The average Bonchev–Trinajstić information content (AvgIpc) is 1.89. The Labute approximate surface area is 54.4 Å². The van der Waals surface area contributed by atoms with Gasteiger partial charge in [0, 0.05) is 0 Å². The highest BCUT2D eigenvalue weighted by Gasteiger charge is 2.02. The monoisotopic (exact) mass is 120 g/mol. The molecule has 1 nitrogen and oxygen atoms in total. The molecule has 1 rings (SSSR count). The minimum atomic E-state index is 0.626. The summed E-state index contributed by atoms with van der Waals surface area (Å²) in [7, 11) is 0. The van der Waals surface area contributed by atoms with E-state index in [9.17, 15) is 4.79 Å². The summed E-state index contributed by atoms with van der Waals surface area (Å²) in [6.45, 7) is 3.72. The van der Waals surface area contributed by atoms with Crippen LogP contribution in [0.25, 0.3) is 0 Å². The van der Waals surface area contributed by atoms with Crippen molar-refractivity contribution in [1.29, 1.82) is 0 Å². The van der Waals surface area contributed by atoms with Crippen molar-refractivity contribution in [2.75, 3.05) is 0 Å². The molecule has 0 spiro atoms. The fourth-order valence-electron chi connectivity index (χ4n) is 0.817. The molecule has 1 aliphatic rings. The Morgan fingerprint density at radius 1 is 1.67 bits per heavy atom. The lowest BCUT2D eigenvalue weighted by Crippen LogP contribution is -1.90. The topological polar surface area (TPSA) is 17.1 Å². The highest BCUT2D eigenvalue weighted by atomic mass is 16.1. The van der Waals surface area contributed by atoms with Crippen LogP contribution in [0.1, 0.15) is 12.8 Å². The molecule has 0 heterocycles. The Balaban J connectivity index is 2.94. The van der Waals surface area contributed by atoms with Crippen LogP contribution in [0.5, 0.6) is 0 Å². The molecular weight excluding hydrogens is 112 g/mol. The van der Waals surface area contributed by atoms with E-state index < -0.39 is 0 Å². The Morgan fingerprint density at radius 3 is 2.89 bits per heavy atom. The standard InChI is InChI=1S/C8H8O/c1-7-4-2-3-5-8(7)6-9/h3,5H,1-2,4H2. The maximum absolute atomic E-state index is 10.1. The number of hydrogen-bond acceptors (Lipinski definition) is 1. The van der Waals surface area contributed by atoms with Gasteiger partial charge in [-0.05, 0) is 24.5 Å². The van der Waals surface area contributed by atoms with E-state index in [0.717, 1.165) is 18.4 Å². The molecule has 9 heavy (non-hydrogen) atoms. The van der Waals surface area contributed by atoms with Gasteiger partial charge in [0.05, 0.1) is 5.57 Å². The van der Waals surface area contributed by atoms with E-state index in [1.54, 1.807) is 6.08 Å². The lowest BCUT2D eigenvalue weighted by atomic mass is 9.99. The summed E-state index contributed by atoms with van der Waals surface area (Å²) in [5.41, 5.74) is 1.54. The van der Waals surface area contributed by atoms with Gasteiger partial charge in [0.2, 0.25) is 0 Å². The Bertz CT molecular complexity index is 205. The lowest BCUT2D eigenvalue weighted by molar-refractivity contribution is 0.567. The van der Waals surface area contributed by atoms with Crippen LogP contribution in [-0.2, 0) is 4.79 Å². The molecule has 46 valence electrons. The van der Waals surface area contributed by atoms with Gasteiger partial charge in [-0.3, -0.25) is 0 Å². The minimum absolute atomic E-state index is 0.626. The Hall–Kier alpha value is -1.07. The molecule has 0 atom stereocenters. The van der Waals surface area contributed by atoms with E-state index in [1.165, 1.54) is 0 Å². The van der Waals surface area contributed by atoms with Crippen LogP contribution in [-0.4, -0.2) is 5.94 Å². The van der Waals surface area contributed by atoms with E-state index in [-0.39, 0.29) is 0 Å². The van der Waals surface area contributed by atoms with E-state index in [1.807, 2.05) is 12.0 Å². The molecule has 0 saturated heterocycles. The second kappa shape index (κ2) is 2.47. The van der Waals surface area contributed by atoms with Crippen LogP contribution < -0.4 is 0 Å². The largest absolute Gasteiger partial charge is 0.233 e.